The average molecular weight is 532 g/mol. The molecule has 2 fully saturated rings. The second-order valence-corrected chi connectivity index (χ2v) is 9.05. The Morgan fingerprint density at radius 3 is 2.47 bits per heavy atom. The molecule has 1 amide bonds. The first-order chi connectivity index (χ1) is 16.3. The normalized spacial score (nSPS) is 20.8. The van der Waals surface area contributed by atoms with Gasteiger partial charge in [0.2, 0.25) is 11.9 Å². The molecule has 198 valence electrons. The van der Waals surface area contributed by atoms with E-state index in [9.17, 15) is 23.1 Å². The highest BCUT2D eigenvalue weighted by Gasteiger charge is 2.43. The Labute approximate surface area is 212 Å². The number of aliphatic hydroxyl groups is 1. The van der Waals surface area contributed by atoms with Gasteiger partial charge in [0.05, 0.1) is 30.6 Å². The zero-order valence-electron chi connectivity index (χ0n) is 19.9. The molecule has 4 heterocycles. The van der Waals surface area contributed by atoms with Crippen molar-refractivity contribution in [1.29, 1.82) is 0 Å². The molecule has 0 bridgehead atoms. The number of hydrogen-bond donors (Lipinski definition) is 2. The highest BCUT2D eigenvalue weighted by molar-refractivity contribution is 7.59. The molecule has 2 saturated heterocycles. The van der Waals surface area contributed by atoms with Gasteiger partial charge in [-0.3, -0.25) is 4.90 Å². The summed E-state index contributed by atoms with van der Waals surface area (Å²) in [4.78, 5) is 31.7. The van der Waals surface area contributed by atoms with E-state index in [-0.39, 0.29) is 37.4 Å². The number of amides is 1. The van der Waals surface area contributed by atoms with Gasteiger partial charge in [0.15, 0.2) is 5.69 Å². The molecule has 36 heavy (non-hydrogen) atoms. The summed E-state index contributed by atoms with van der Waals surface area (Å²) in [6, 6.07) is 0.706. The summed E-state index contributed by atoms with van der Waals surface area (Å²) in [5, 5.41) is 10.2. The van der Waals surface area contributed by atoms with Crippen molar-refractivity contribution >= 4 is 37.3 Å². The average Bonchev–Trinajstić information content (AvgIpc) is 3.04. The lowest BCUT2D eigenvalue weighted by molar-refractivity contribution is -0.140. The van der Waals surface area contributed by atoms with Crippen LogP contribution in [0.25, 0.3) is 11.3 Å². The Morgan fingerprint density at radius 1 is 1.19 bits per heavy atom. The molecule has 2 aliphatic rings. The zero-order chi connectivity index (χ0) is 25.5. The summed E-state index contributed by atoms with van der Waals surface area (Å²) < 4.78 is 52.1. The molecule has 4 rings (SSSR count). The first-order valence-corrected chi connectivity index (χ1v) is 11.0. The number of anilines is 3. The molecule has 3 N–H and O–H groups in total. The third-order valence-corrected chi connectivity index (χ3v) is 5.69. The fourth-order valence-electron chi connectivity index (χ4n) is 4.01. The van der Waals surface area contributed by atoms with E-state index in [2.05, 4.69) is 19.9 Å². The maximum atomic E-state index is 13.8. The quantitative estimate of drug-likeness (QED) is 0.591. The van der Waals surface area contributed by atoms with Crippen molar-refractivity contribution in [3.05, 3.63) is 18.0 Å². The second kappa shape index (κ2) is 10.2. The SMILES string of the molecule is C[C@H]1C(CC(C)(C)O)OC(=O)N1c1cc(-c2cnc(N)nc2C(F)(F)F)nc(N2CCOCC2)n1.S. The standard InChI is InChI=1S/C21H26F3N7O4.H2S/c1-11-14(9-20(2,3)33)35-19(32)31(11)15-8-13(27-18(28-15)30-4-6-34-7-5-30)12-10-26-17(25)29-16(12)21(22,23)24;/h8,10-11,14,33H,4-7,9H2,1-3H3,(H2,25,26,29);1H2/t11-,14?;/m0./s1. The fourth-order valence-corrected chi connectivity index (χ4v) is 4.01. The third-order valence-electron chi connectivity index (χ3n) is 5.69. The van der Waals surface area contributed by atoms with Crippen molar-refractivity contribution in [2.45, 2.75) is 51.1 Å². The maximum absolute atomic E-state index is 13.8. The Hall–Kier alpha value is -2.91. The first-order valence-electron chi connectivity index (χ1n) is 11.0. The van der Waals surface area contributed by atoms with Crippen molar-refractivity contribution in [2.75, 3.05) is 41.8 Å². The van der Waals surface area contributed by atoms with Gasteiger partial charge in [-0.2, -0.15) is 31.7 Å². The second-order valence-electron chi connectivity index (χ2n) is 9.05. The summed E-state index contributed by atoms with van der Waals surface area (Å²) in [5.74, 6) is -0.358. The van der Waals surface area contributed by atoms with Crippen LogP contribution in [0.4, 0.5) is 35.7 Å². The third kappa shape index (κ3) is 5.90. The minimum absolute atomic E-state index is 0. The maximum Gasteiger partial charge on any atom is 0.434 e. The summed E-state index contributed by atoms with van der Waals surface area (Å²) in [7, 11) is 0. The fraction of sp³-hybridized carbons (Fsp3) is 0.571. The summed E-state index contributed by atoms with van der Waals surface area (Å²) in [6.07, 6.45) is -5.10. The number of rotatable bonds is 5. The molecule has 0 radical (unpaired) electrons. The Morgan fingerprint density at radius 2 is 1.86 bits per heavy atom. The van der Waals surface area contributed by atoms with E-state index in [1.807, 2.05) is 0 Å². The number of ether oxygens (including phenoxy) is 2. The van der Waals surface area contributed by atoms with Crippen LogP contribution in [0.1, 0.15) is 32.9 Å². The van der Waals surface area contributed by atoms with Gasteiger partial charge >= 0.3 is 12.3 Å². The van der Waals surface area contributed by atoms with Gasteiger partial charge in [-0.1, -0.05) is 0 Å². The van der Waals surface area contributed by atoms with Crippen LogP contribution in [0.15, 0.2) is 12.3 Å². The molecule has 2 aliphatic heterocycles. The number of morpholine rings is 1. The summed E-state index contributed by atoms with van der Waals surface area (Å²) in [6.45, 7) is 6.49. The van der Waals surface area contributed by atoms with Crippen LogP contribution < -0.4 is 15.5 Å². The van der Waals surface area contributed by atoms with Crippen LogP contribution >= 0.6 is 13.5 Å². The molecule has 2 aromatic heterocycles. The molecular formula is C21H28F3N7O4S. The van der Waals surface area contributed by atoms with Gasteiger partial charge in [-0.25, -0.2) is 19.7 Å². The predicted octanol–water partition coefficient (Wildman–Crippen LogP) is 2.36. The largest absolute Gasteiger partial charge is 0.443 e. The van der Waals surface area contributed by atoms with Crippen molar-refractivity contribution in [3.8, 4) is 11.3 Å². The van der Waals surface area contributed by atoms with Gasteiger partial charge in [0, 0.05) is 37.3 Å². The monoisotopic (exact) mass is 531 g/mol. The van der Waals surface area contributed by atoms with Crippen molar-refractivity contribution in [3.63, 3.8) is 0 Å². The molecule has 0 aromatic carbocycles. The molecule has 0 spiro atoms. The molecule has 0 aliphatic carbocycles. The van der Waals surface area contributed by atoms with Crippen LogP contribution in [0.2, 0.25) is 0 Å². The molecule has 0 saturated carbocycles. The topological polar surface area (TPSA) is 140 Å². The van der Waals surface area contributed by atoms with Gasteiger partial charge in [0.1, 0.15) is 11.9 Å². The Bertz CT molecular complexity index is 1110. The highest BCUT2D eigenvalue weighted by atomic mass is 32.1. The number of hydrogen-bond acceptors (Lipinski definition) is 10. The summed E-state index contributed by atoms with van der Waals surface area (Å²) >= 11 is 0. The number of cyclic esters (lactones) is 1. The number of carbonyl (C=O) groups excluding carboxylic acids is 1. The number of aromatic nitrogens is 4. The van der Waals surface area contributed by atoms with Crippen molar-refractivity contribution in [1.82, 2.24) is 19.9 Å². The minimum Gasteiger partial charge on any atom is -0.443 e. The molecule has 1 unspecified atom stereocenters. The minimum atomic E-state index is -4.83. The van der Waals surface area contributed by atoms with Crippen LogP contribution in [0.3, 0.4) is 0 Å². The van der Waals surface area contributed by atoms with E-state index in [0.29, 0.717) is 26.3 Å². The molecule has 2 atom stereocenters. The van der Waals surface area contributed by atoms with Crippen molar-refractivity contribution in [2.24, 2.45) is 0 Å². The number of alkyl halides is 3. The van der Waals surface area contributed by atoms with Crippen LogP contribution in [-0.2, 0) is 15.7 Å². The Balaban J connectivity index is 0.00000361. The molecule has 15 heteroatoms. The van der Waals surface area contributed by atoms with Gasteiger partial charge in [-0.15, -0.1) is 0 Å². The van der Waals surface area contributed by atoms with Gasteiger partial charge < -0.3 is 25.2 Å². The molecule has 2 aromatic rings. The lowest BCUT2D eigenvalue weighted by Crippen LogP contribution is -2.39. The molecular weight excluding hydrogens is 503 g/mol. The lowest BCUT2D eigenvalue weighted by Gasteiger charge is -2.29. The van der Waals surface area contributed by atoms with E-state index in [4.69, 9.17) is 15.2 Å². The number of nitrogens with zero attached hydrogens (tertiary/aromatic N) is 6. The van der Waals surface area contributed by atoms with Gasteiger partial charge in [-0.05, 0) is 20.8 Å². The number of nitrogen functional groups attached to an aromatic ring is 1. The lowest BCUT2D eigenvalue weighted by atomic mass is 9.97. The molecule has 11 nitrogen and oxygen atoms in total. The van der Waals surface area contributed by atoms with E-state index in [1.54, 1.807) is 25.7 Å². The van der Waals surface area contributed by atoms with Crippen LogP contribution in [0.5, 0.6) is 0 Å². The predicted molar refractivity (Wildman–Crippen MR) is 129 cm³/mol. The van der Waals surface area contributed by atoms with Crippen LogP contribution in [0, 0.1) is 0 Å². The smallest absolute Gasteiger partial charge is 0.434 e. The number of halogens is 3. The van der Waals surface area contributed by atoms with Gasteiger partial charge in [0.25, 0.3) is 0 Å². The Kier molecular flexibility index (Phi) is 7.86. The van der Waals surface area contributed by atoms with E-state index in [1.165, 1.54) is 11.0 Å². The number of carbonyl (C=O) groups is 1. The zero-order valence-corrected chi connectivity index (χ0v) is 20.9. The van der Waals surface area contributed by atoms with E-state index in [0.717, 1.165) is 6.20 Å². The van der Waals surface area contributed by atoms with E-state index >= 15 is 0 Å². The van der Waals surface area contributed by atoms with E-state index < -0.39 is 47.2 Å². The number of nitrogens with two attached hydrogens (primary N) is 1. The van der Waals surface area contributed by atoms with Crippen LogP contribution in [-0.4, -0.2) is 75.2 Å². The van der Waals surface area contributed by atoms with Crippen molar-refractivity contribution < 1.29 is 32.5 Å². The first kappa shape index (κ1) is 27.7. The highest BCUT2D eigenvalue weighted by Crippen LogP contribution is 2.38. The summed E-state index contributed by atoms with van der Waals surface area (Å²) in [5.41, 5.74) is 2.53.